The molecule has 10 heteroatoms. The molecule has 1 fully saturated rings. The summed E-state index contributed by atoms with van der Waals surface area (Å²) in [6.45, 7) is 3.19. The molecule has 0 radical (unpaired) electrons. The van der Waals surface area contributed by atoms with Gasteiger partial charge in [0.25, 0.3) is 0 Å². The van der Waals surface area contributed by atoms with Crippen molar-refractivity contribution in [2.45, 2.75) is 11.3 Å². The number of rotatable bonds is 5. The van der Waals surface area contributed by atoms with Crippen molar-refractivity contribution in [1.82, 2.24) is 15.0 Å². The second-order valence-electron chi connectivity index (χ2n) is 6.96. The molecule has 1 aliphatic rings. The van der Waals surface area contributed by atoms with Crippen molar-refractivity contribution >= 4 is 34.9 Å². The van der Waals surface area contributed by atoms with E-state index in [0.717, 1.165) is 49.9 Å². The van der Waals surface area contributed by atoms with Crippen LogP contribution in [-0.2, 0) is 6.18 Å². The number of benzene rings is 1. The third-order valence-corrected chi connectivity index (χ3v) is 5.48. The van der Waals surface area contributed by atoms with Crippen molar-refractivity contribution in [3.63, 3.8) is 0 Å². The van der Waals surface area contributed by atoms with Crippen LogP contribution in [0.5, 0.6) is 0 Å². The quantitative estimate of drug-likeness (QED) is 0.451. The highest BCUT2D eigenvalue weighted by Crippen LogP contribution is 2.31. The van der Waals surface area contributed by atoms with Crippen LogP contribution >= 0.6 is 11.8 Å². The van der Waals surface area contributed by atoms with Crippen molar-refractivity contribution in [1.29, 1.82) is 0 Å². The SMILES string of the molecule is CSc1nc(Nc2ccc(C(F)(F)F)cc2)cc(N2CCN(c3ccccn3)CC2)n1. The van der Waals surface area contributed by atoms with E-state index in [1.165, 1.54) is 23.9 Å². The molecule has 1 aromatic carbocycles. The first-order chi connectivity index (χ1) is 14.9. The molecule has 3 aromatic rings. The van der Waals surface area contributed by atoms with Crippen LogP contribution in [0.3, 0.4) is 0 Å². The van der Waals surface area contributed by atoms with Crippen LogP contribution in [0.25, 0.3) is 0 Å². The summed E-state index contributed by atoms with van der Waals surface area (Å²) in [5.74, 6) is 2.29. The molecular weight excluding hydrogens is 425 g/mol. The number of piperazine rings is 1. The van der Waals surface area contributed by atoms with E-state index in [4.69, 9.17) is 0 Å². The number of alkyl halides is 3. The van der Waals surface area contributed by atoms with E-state index in [1.807, 2.05) is 30.5 Å². The van der Waals surface area contributed by atoms with Gasteiger partial charge in [-0.1, -0.05) is 17.8 Å². The predicted octanol–water partition coefficient (Wildman–Crippen LogP) is 4.68. The number of thioether (sulfide) groups is 1. The highest BCUT2D eigenvalue weighted by Gasteiger charge is 2.30. The summed E-state index contributed by atoms with van der Waals surface area (Å²) in [7, 11) is 0. The molecule has 31 heavy (non-hydrogen) atoms. The molecule has 162 valence electrons. The molecule has 2 aromatic heterocycles. The molecule has 1 N–H and O–H groups in total. The van der Waals surface area contributed by atoms with Crippen LogP contribution in [0.4, 0.5) is 36.3 Å². The van der Waals surface area contributed by atoms with Crippen molar-refractivity contribution in [3.05, 3.63) is 60.3 Å². The Balaban J connectivity index is 1.48. The molecule has 6 nitrogen and oxygen atoms in total. The minimum atomic E-state index is -4.36. The van der Waals surface area contributed by atoms with Crippen LogP contribution in [0, 0.1) is 0 Å². The van der Waals surface area contributed by atoms with Gasteiger partial charge in [0.15, 0.2) is 5.16 Å². The van der Waals surface area contributed by atoms with Crippen LogP contribution in [0.1, 0.15) is 5.56 Å². The molecule has 0 saturated carbocycles. The predicted molar refractivity (Wildman–Crippen MR) is 117 cm³/mol. The van der Waals surface area contributed by atoms with Gasteiger partial charge in [0.2, 0.25) is 0 Å². The van der Waals surface area contributed by atoms with E-state index < -0.39 is 11.7 Å². The maximum Gasteiger partial charge on any atom is 0.416 e. The molecule has 4 rings (SSSR count). The number of anilines is 4. The largest absolute Gasteiger partial charge is 0.416 e. The minimum absolute atomic E-state index is 0.532. The van der Waals surface area contributed by atoms with Gasteiger partial charge in [-0.3, -0.25) is 0 Å². The molecule has 0 aliphatic carbocycles. The Morgan fingerprint density at radius 1 is 0.903 bits per heavy atom. The number of hydrogen-bond acceptors (Lipinski definition) is 7. The zero-order valence-corrected chi connectivity index (χ0v) is 17.6. The number of pyridine rings is 1. The summed E-state index contributed by atoms with van der Waals surface area (Å²) < 4.78 is 38.3. The van der Waals surface area contributed by atoms with E-state index in [-0.39, 0.29) is 0 Å². The molecule has 0 bridgehead atoms. The Hall–Kier alpha value is -3.01. The lowest BCUT2D eigenvalue weighted by Gasteiger charge is -2.36. The van der Waals surface area contributed by atoms with E-state index in [9.17, 15) is 13.2 Å². The van der Waals surface area contributed by atoms with Crippen molar-refractivity contribution in [3.8, 4) is 0 Å². The van der Waals surface area contributed by atoms with Crippen LogP contribution in [0.2, 0.25) is 0 Å². The first-order valence-corrected chi connectivity index (χ1v) is 10.9. The number of hydrogen-bond donors (Lipinski definition) is 1. The lowest BCUT2D eigenvalue weighted by Crippen LogP contribution is -2.47. The fraction of sp³-hybridized carbons (Fsp3) is 0.286. The highest BCUT2D eigenvalue weighted by atomic mass is 32.2. The number of nitrogens with one attached hydrogen (secondary N) is 1. The maximum atomic E-state index is 12.8. The number of halogens is 3. The Bertz CT molecular complexity index is 1010. The number of aromatic nitrogens is 3. The third kappa shape index (κ3) is 5.19. The van der Waals surface area contributed by atoms with Gasteiger partial charge < -0.3 is 15.1 Å². The smallest absolute Gasteiger partial charge is 0.353 e. The summed E-state index contributed by atoms with van der Waals surface area (Å²) in [5, 5.41) is 3.69. The van der Waals surface area contributed by atoms with Crippen molar-refractivity contribution < 1.29 is 13.2 Å². The van der Waals surface area contributed by atoms with Gasteiger partial charge >= 0.3 is 6.18 Å². The fourth-order valence-electron chi connectivity index (χ4n) is 3.33. The monoisotopic (exact) mass is 446 g/mol. The Morgan fingerprint density at radius 3 is 2.16 bits per heavy atom. The van der Waals surface area contributed by atoms with Crippen LogP contribution < -0.4 is 15.1 Å². The average molecular weight is 447 g/mol. The van der Waals surface area contributed by atoms with Crippen LogP contribution in [0.15, 0.2) is 59.9 Å². The van der Waals surface area contributed by atoms with Gasteiger partial charge in [0, 0.05) is 44.1 Å². The minimum Gasteiger partial charge on any atom is -0.353 e. The van der Waals surface area contributed by atoms with Crippen molar-refractivity contribution in [2.75, 3.05) is 47.6 Å². The maximum absolute atomic E-state index is 12.8. The molecule has 0 unspecified atom stereocenters. The standard InChI is InChI=1S/C21H21F3N6S/c1-31-20-27-17(26-16-7-5-15(6-8-16)21(22,23)24)14-19(28-20)30-12-10-29(11-13-30)18-4-2-3-9-25-18/h2-9,14H,10-13H2,1H3,(H,26,27,28). The van der Waals surface area contributed by atoms with E-state index >= 15 is 0 Å². The van der Waals surface area contributed by atoms with Crippen LogP contribution in [-0.4, -0.2) is 47.4 Å². The fourth-order valence-corrected chi connectivity index (χ4v) is 3.70. The molecule has 1 saturated heterocycles. The molecule has 0 amide bonds. The normalized spacial score (nSPS) is 14.6. The topological polar surface area (TPSA) is 57.2 Å². The summed E-state index contributed by atoms with van der Waals surface area (Å²) in [6, 6.07) is 12.6. The molecular formula is C21H21F3N6S. The Labute approximate surface area is 182 Å². The molecule has 0 spiro atoms. The first kappa shape index (κ1) is 21.2. The summed E-state index contributed by atoms with van der Waals surface area (Å²) in [6.07, 6.45) is -0.680. The second kappa shape index (κ2) is 9.01. The Kier molecular flexibility index (Phi) is 6.17. The van der Waals surface area contributed by atoms with Gasteiger partial charge in [-0.05, 0) is 42.7 Å². The lowest BCUT2D eigenvalue weighted by molar-refractivity contribution is -0.137. The van der Waals surface area contributed by atoms with Gasteiger partial charge in [0.1, 0.15) is 17.5 Å². The molecule has 3 heterocycles. The zero-order valence-electron chi connectivity index (χ0n) is 16.8. The zero-order chi connectivity index (χ0) is 21.8. The van der Waals surface area contributed by atoms with E-state index in [1.54, 1.807) is 6.20 Å². The van der Waals surface area contributed by atoms with Gasteiger partial charge in [-0.15, -0.1) is 0 Å². The van der Waals surface area contributed by atoms with E-state index in [2.05, 4.69) is 30.1 Å². The number of nitrogens with zero attached hydrogens (tertiary/aromatic N) is 5. The first-order valence-electron chi connectivity index (χ1n) is 9.71. The van der Waals surface area contributed by atoms with Gasteiger partial charge in [0.05, 0.1) is 5.56 Å². The lowest BCUT2D eigenvalue weighted by atomic mass is 10.2. The van der Waals surface area contributed by atoms with Crippen molar-refractivity contribution in [2.24, 2.45) is 0 Å². The molecule has 1 aliphatic heterocycles. The molecule has 0 atom stereocenters. The van der Waals surface area contributed by atoms with Gasteiger partial charge in [-0.25, -0.2) is 15.0 Å². The van der Waals surface area contributed by atoms with Gasteiger partial charge in [-0.2, -0.15) is 13.2 Å². The summed E-state index contributed by atoms with van der Waals surface area (Å²) >= 11 is 1.42. The summed E-state index contributed by atoms with van der Waals surface area (Å²) in [4.78, 5) is 17.9. The average Bonchev–Trinajstić information content (AvgIpc) is 2.79. The van der Waals surface area contributed by atoms with E-state index in [0.29, 0.717) is 16.7 Å². The Morgan fingerprint density at radius 2 is 1.58 bits per heavy atom. The summed E-state index contributed by atoms with van der Waals surface area (Å²) in [5.41, 5.74) is -0.151. The second-order valence-corrected chi connectivity index (χ2v) is 7.73. The third-order valence-electron chi connectivity index (χ3n) is 4.94. The highest BCUT2D eigenvalue weighted by molar-refractivity contribution is 7.98.